The zero-order chi connectivity index (χ0) is 25.5. The summed E-state index contributed by atoms with van der Waals surface area (Å²) in [6.45, 7) is 5.49. The number of carbonyl (C=O) groups is 1. The fraction of sp³-hybridized carbons (Fsp3) is 0.519. The summed E-state index contributed by atoms with van der Waals surface area (Å²) in [6.07, 6.45) is 0. The van der Waals surface area contributed by atoms with Crippen LogP contribution in [-0.2, 0) is 14.3 Å². The van der Waals surface area contributed by atoms with E-state index in [4.69, 9.17) is 28.4 Å². The van der Waals surface area contributed by atoms with Crippen molar-refractivity contribution in [1.29, 1.82) is 0 Å². The van der Waals surface area contributed by atoms with Crippen LogP contribution < -0.4 is 24.3 Å². The number of fused-ring (bicyclic) bond motifs is 3. The molecule has 1 unspecified atom stereocenters. The summed E-state index contributed by atoms with van der Waals surface area (Å²) in [5, 5.41) is 14.3. The summed E-state index contributed by atoms with van der Waals surface area (Å²) < 4.78 is 33.5. The molecule has 2 saturated heterocycles. The number of benzene rings is 2. The van der Waals surface area contributed by atoms with Crippen molar-refractivity contribution in [3.8, 4) is 28.7 Å². The standard InChI is InChI=1S/C27H32N2O8/c1-32-21-9-15(10-22(33-2)26(21)30)23-16-11-19-20(37-14-36-19)12-17(16)25(18-13-35-27(31)24(18)23)28-3-4-29-5-7-34-8-6-29/h9-12,18,23-25,28,30H,3-8,13-14H2,1-2H3/t18?,23-,24-,25+/m0/s1. The van der Waals surface area contributed by atoms with E-state index < -0.39 is 5.92 Å². The number of nitrogens with one attached hydrogen (secondary N) is 1. The Morgan fingerprint density at radius 3 is 2.35 bits per heavy atom. The lowest BCUT2D eigenvalue weighted by molar-refractivity contribution is -0.141. The quantitative estimate of drug-likeness (QED) is 0.535. The first-order chi connectivity index (χ1) is 18.1. The highest BCUT2D eigenvalue weighted by Gasteiger charge is 2.52. The second-order valence-electron chi connectivity index (χ2n) is 9.79. The molecule has 10 heteroatoms. The minimum Gasteiger partial charge on any atom is -0.502 e. The number of methoxy groups -OCH3 is 2. The molecule has 3 heterocycles. The van der Waals surface area contributed by atoms with Gasteiger partial charge in [0.25, 0.3) is 0 Å². The molecule has 0 radical (unpaired) electrons. The van der Waals surface area contributed by atoms with Crippen molar-refractivity contribution in [2.75, 3.05) is 67.0 Å². The summed E-state index contributed by atoms with van der Waals surface area (Å²) in [4.78, 5) is 15.6. The molecule has 2 fully saturated rings. The number of carbonyl (C=O) groups excluding carboxylic acids is 1. The smallest absolute Gasteiger partial charge is 0.310 e. The van der Waals surface area contributed by atoms with Gasteiger partial charge in [-0.2, -0.15) is 0 Å². The van der Waals surface area contributed by atoms with Crippen LogP contribution in [0.25, 0.3) is 0 Å². The Kier molecular flexibility index (Phi) is 6.48. The van der Waals surface area contributed by atoms with Crippen molar-refractivity contribution < 1.29 is 38.3 Å². The average Bonchev–Trinajstić information content (AvgIpc) is 3.54. The van der Waals surface area contributed by atoms with Crippen molar-refractivity contribution in [1.82, 2.24) is 10.2 Å². The van der Waals surface area contributed by atoms with Crippen LogP contribution in [0.4, 0.5) is 0 Å². The number of ether oxygens (including phenoxy) is 6. The third kappa shape index (κ3) is 4.22. The normalized spacial score (nSPS) is 26.4. The van der Waals surface area contributed by atoms with Crippen LogP contribution in [0.3, 0.4) is 0 Å². The molecule has 0 saturated carbocycles. The first-order valence-electron chi connectivity index (χ1n) is 12.7. The van der Waals surface area contributed by atoms with Gasteiger partial charge in [-0.1, -0.05) is 0 Å². The Morgan fingerprint density at radius 2 is 1.68 bits per heavy atom. The van der Waals surface area contributed by atoms with Crippen molar-refractivity contribution in [3.63, 3.8) is 0 Å². The summed E-state index contributed by atoms with van der Waals surface area (Å²) in [6, 6.07) is 7.45. The largest absolute Gasteiger partial charge is 0.502 e. The summed E-state index contributed by atoms with van der Waals surface area (Å²) in [5.41, 5.74) is 2.82. The van der Waals surface area contributed by atoms with E-state index in [-0.39, 0.29) is 47.9 Å². The van der Waals surface area contributed by atoms with Crippen molar-refractivity contribution in [2.24, 2.45) is 11.8 Å². The third-order valence-corrected chi connectivity index (χ3v) is 7.94. The molecule has 6 rings (SSSR count). The Balaban J connectivity index is 1.42. The van der Waals surface area contributed by atoms with Crippen LogP contribution in [0.1, 0.15) is 28.7 Å². The van der Waals surface area contributed by atoms with Gasteiger partial charge in [0, 0.05) is 44.1 Å². The number of phenols is 1. The van der Waals surface area contributed by atoms with Crippen molar-refractivity contribution >= 4 is 5.97 Å². The second-order valence-corrected chi connectivity index (χ2v) is 9.79. The zero-order valence-electron chi connectivity index (χ0n) is 21.0. The molecule has 198 valence electrons. The van der Waals surface area contributed by atoms with E-state index >= 15 is 0 Å². The number of aromatic hydroxyl groups is 1. The number of phenolic OH excluding ortho intramolecular Hbond substituents is 1. The monoisotopic (exact) mass is 512 g/mol. The van der Waals surface area contributed by atoms with E-state index in [2.05, 4.69) is 10.2 Å². The number of rotatable bonds is 7. The Labute approximate surface area is 215 Å². The summed E-state index contributed by atoms with van der Waals surface area (Å²) in [5.74, 6) is 0.753. The molecular weight excluding hydrogens is 480 g/mol. The molecule has 2 aromatic rings. The Hall–Kier alpha value is -3.21. The average molecular weight is 513 g/mol. The summed E-state index contributed by atoms with van der Waals surface area (Å²) >= 11 is 0. The van der Waals surface area contributed by atoms with Gasteiger partial charge in [0.1, 0.15) is 0 Å². The highest BCUT2D eigenvalue weighted by atomic mass is 16.7. The lowest BCUT2D eigenvalue weighted by Gasteiger charge is -2.40. The first-order valence-corrected chi connectivity index (χ1v) is 12.7. The van der Waals surface area contributed by atoms with Gasteiger partial charge in [-0.05, 0) is 41.0 Å². The van der Waals surface area contributed by atoms with Crippen LogP contribution in [0.15, 0.2) is 24.3 Å². The van der Waals surface area contributed by atoms with Crippen LogP contribution in [0, 0.1) is 11.8 Å². The lowest BCUT2D eigenvalue weighted by atomic mass is 9.65. The maximum absolute atomic E-state index is 13.2. The maximum Gasteiger partial charge on any atom is 0.310 e. The van der Waals surface area contributed by atoms with Crippen molar-refractivity contribution in [2.45, 2.75) is 12.0 Å². The SMILES string of the molecule is COc1cc([C@H]2c3cc4c(cc3[C@@H](NCCN3CCOCC3)C3COC(=O)[C@@H]32)OCO4)cc(OC)c1O. The lowest BCUT2D eigenvalue weighted by Crippen LogP contribution is -2.44. The predicted octanol–water partition coefficient (Wildman–Crippen LogP) is 2.04. The minimum atomic E-state index is -0.423. The highest BCUT2D eigenvalue weighted by molar-refractivity contribution is 5.79. The molecule has 10 nitrogen and oxygen atoms in total. The van der Waals surface area contributed by atoms with Crippen molar-refractivity contribution in [3.05, 3.63) is 41.0 Å². The fourth-order valence-electron chi connectivity index (χ4n) is 6.12. The van der Waals surface area contributed by atoms with Gasteiger partial charge < -0.3 is 38.8 Å². The van der Waals surface area contributed by atoms with E-state index in [1.807, 2.05) is 12.1 Å². The number of esters is 1. The first kappa shape index (κ1) is 24.1. The van der Waals surface area contributed by atoms with E-state index in [1.165, 1.54) is 14.2 Å². The molecule has 4 aliphatic rings. The Morgan fingerprint density at radius 1 is 1.00 bits per heavy atom. The van der Waals surface area contributed by atoms with Crippen LogP contribution in [0.5, 0.6) is 28.7 Å². The van der Waals surface area contributed by atoms with Gasteiger partial charge in [-0.25, -0.2) is 0 Å². The van der Waals surface area contributed by atoms with Gasteiger partial charge in [-0.15, -0.1) is 0 Å². The minimum absolute atomic E-state index is 0.0799. The number of nitrogens with zero attached hydrogens (tertiary/aromatic N) is 1. The number of cyclic esters (lactones) is 1. The summed E-state index contributed by atoms with van der Waals surface area (Å²) in [7, 11) is 2.98. The molecule has 0 aromatic heterocycles. The van der Waals surface area contributed by atoms with Gasteiger partial charge in [0.05, 0.1) is 40.0 Å². The molecular formula is C27H32N2O8. The molecule has 2 aromatic carbocycles. The molecule has 37 heavy (non-hydrogen) atoms. The maximum atomic E-state index is 13.2. The molecule has 0 amide bonds. The topological polar surface area (TPSA) is 108 Å². The van der Waals surface area contributed by atoms with E-state index in [0.717, 1.165) is 56.1 Å². The Bertz CT molecular complexity index is 1160. The van der Waals surface area contributed by atoms with Crippen LogP contribution in [-0.4, -0.2) is 83.0 Å². The highest BCUT2D eigenvalue weighted by Crippen LogP contribution is 2.55. The van der Waals surface area contributed by atoms with Crippen LogP contribution in [0.2, 0.25) is 0 Å². The predicted molar refractivity (Wildman–Crippen MR) is 132 cm³/mol. The van der Waals surface area contributed by atoms with Gasteiger partial charge in [0.15, 0.2) is 23.0 Å². The van der Waals surface area contributed by atoms with E-state index in [9.17, 15) is 9.90 Å². The molecule has 4 atom stereocenters. The van der Waals surface area contributed by atoms with E-state index in [0.29, 0.717) is 18.1 Å². The molecule has 3 aliphatic heterocycles. The second kappa shape index (κ2) is 9.92. The van der Waals surface area contributed by atoms with Crippen LogP contribution >= 0.6 is 0 Å². The van der Waals surface area contributed by atoms with E-state index in [1.54, 1.807) is 12.1 Å². The third-order valence-electron chi connectivity index (χ3n) is 7.94. The zero-order valence-corrected chi connectivity index (χ0v) is 21.0. The fourth-order valence-corrected chi connectivity index (χ4v) is 6.12. The molecule has 0 spiro atoms. The molecule has 1 aliphatic carbocycles. The number of hydrogen-bond donors (Lipinski definition) is 2. The van der Waals surface area contributed by atoms with Gasteiger partial charge >= 0.3 is 5.97 Å². The molecule has 0 bridgehead atoms. The van der Waals surface area contributed by atoms with Gasteiger partial charge in [-0.3, -0.25) is 9.69 Å². The van der Waals surface area contributed by atoms with Gasteiger partial charge in [0.2, 0.25) is 12.5 Å². The molecule has 2 N–H and O–H groups in total. The number of hydrogen-bond acceptors (Lipinski definition) is 10. The number of morpholine rings is 1.